The first kappa shape index (κ1) is 19.2. The van der Waals surface area contributed by atoms with E-state index in [9.17, 15) is 4.79 Å². The molecule has 2 aliphatic heterocycles. The summed E-state index contributed by atoms with van der Waals surface area (Å²) >= 11 is 0. The summed E-state index contributed by atoms with van der Waals surface area (Å²) in [5, 5.41) is 0. The molecule has 0 saturated carbocycles. The average Bonchev–Trinajstić information content (AvgIpc) is 2.63. The fourth-order valence-corrected chi connectivity index (χ4v) is 4.14. The van der Waals surface area contributed by atoms with Gasteiger partial charge in [0.1, 0.15) is 12.4 Å². The van der Waals surface area contributed by atoms with Crippen molar-refractivity contribution in [3.8, 4) is 5.75 Å². The average molecular weight is 360 g/mol. The van der Waals surface area contributed by atoms with Crippen LogP contribution in [0.2, 0.25) is 0 Å². The number of rotatable bonds is 6. The second-order valence-electron chi connectivity index (χ2n) is 8.02. The van der Waals surface area contributed by atoms with Gasteiger partial charge < -0.3 is 9.64 Å². The fourth-order valence-electron chi connectivity index (χ4n) is 4.14. The van der Waals surface area contributed by atoms with Crippen molar-refractivity contribution in [3.63, 3.8) is 0 Å². The number of carbonyl (C=O) groups excluding carboxylic acids is 1. The van der Waals surface area contributed by atoms with Crippen LogP contribution in [0.15, 0.2) is 30.3 Å². The monoisotopic (exact) mass is 359 g/mol. The van der Waals surface area contributed by atoms with Gasteiger partial charge in [-0.1, -0.05) is 32.0 Å². The van der Waals surface area contributed by atoms with Gasteiger partial charge in [-0.3, -0.25) is 14.6 Å². The van der Waals surface area contributed by atoms with E-state index in [1.165, 1.54) is 6.42 Å². The summed E-state index contributed by atoms with van der Waals surface area (Å²) < 4.78 is 5.78. The van der Waals surface area contributed by atoms with Crippen molar-refractivity contribution in [1.82, 2.24) is 14.7 Å². The molecular weight excluding hydrogens is 326 g/mol. The lowest BCUT2D eigenvalue weighted by molar-refractivity contribution is -0.135. The van der Waals surface area contributed by atoms with E-state index in [-0.39, 0.29) is 0 Å². The van der Waals surface area contributed by atoms with Crippen LogP contribution in [0.1, 0.15) is 20.3 Å². The maximum absolute atomic E-state index is 12.6. The SMILES string of the molecule is CC1CC(C)CN(C(=O)CN2CCN(CCOc3ccccc3)CC2)C1. The summed E-state index contributed by atoms with van der Waals surface area (Å²) in [5.74, 6) is 2.50. The molecule has 0 radical (unpaired) electrons. The van der Waals surface area contributed by atoms with Crippen LogP contribution in [-0.4, -0.2) is 79.6 Å². The molecule has 2 unspecified atom stereocenters. The summed E-state index contributed by atoms with van der Waals surface area (Å²) in [6.45, 7) is 12.6. The number of para-hydroxylation sites is 1. The highest BCUT2D eigenvalue weighted by Gasteiger charge is 2.27. The van der Waals surface area contributed by atoms with Gasteiger partial charge in [0.15, 0.2) is 0 Å². The number of piperidine rings is 1. The number of benzene rings is 1. The Bertz CT molecular complexity index is 548. The molecule has 2 atom stereocenters. The van der Waals surface area contributed by atoms with Gasteiger partial charge in [0.05, 0.1) is 6.54 Å². The number of hydrogen-bond acceptors (Lipinski definition) is 4. The first-order chi connectivity index (χ1) is 12.6. The van der Waals surface area contributed by atoms with E-state index in [4.69, 9.17) is 4.74 Å². The molecule has 0 aliphatic carbocycles. The van der Waals surface area contributed by atoms with Crippen LogP contribution in [0.5, 0.6) is 5.75 Å². The van der Waals surface area contributed by atoms with Crippen molar-refractivity contribution in [1.29, 1.82) is 0 Å². The quantitative estimate of drug-likeness (QED) is 0.780. The molecule has 0 aromatic heterocycles. The fraction of sp³-hybridized carbons (Fsp3) is 0.667. The number of piperazine rings is 1. The van der Waals surface area contributed by atoms with E-state index >= 15 is 0 Å². The van der Waals surface area contributed by atoms with Gasteiger partial charge in [0.2, 0.25) is 5.91 Å². The van der Waals surface area contributed by atoms with Crippen molar-refractivity contribution >= 4 is 5.91 Å². The third-order valence-electron chi connectivity index (χ3n) is 5.46. The summed E-state index contributed by atoms with van der Waals surface area (Å²) in [5.41, 5.74) is 0. The Morgan fingerprint density at radius 2 is 1.62 bits per heavy atom. The van der Waals surface area contributed by atoms with Crippen molar-refractivity contribution < 1.29 is 9.53 Å². The van der Waals surface area contributed by atoms with E-state index in [1.807, 2.05) is 30.3 Å². The molecule has 2 fully saturated rings. The smallest absolute Gasteiger partial charge is 0.236 e. The predicted octanol–water partition coefficient (Wildman–Crippen LogP) is 2.19. The number of hydrogen-bond donors (Lipinski definition) is 0. The summed E-state index contributed by atoms with van der Waals surface area (Å²) in [7, 11) is 0. The van der Waals surface area contributed by atoms with Crippen LogP contribution in [-0.2, 0) is 4.79 Å². The van der Waals surface area contributed by atoms with Crippen molar-refractivity contribution in [2.45, 2.75) is 20.3 Å². The Labute approximate surface area is 157 Å². The van der Waals surface area contributed by atoms with Crippen LogP contribution in [0.25, 0.3) is 0 Å². The third-order valence-corrected chi connectivity index (χ3v) is 5.46. The minimum atomic E-state index is 0.310. The van der Waals surface area contributed by atoms with Gasteiger partial charge in [-0.2, -0.15) is 0 Å². The van der Waals surface area contributed by atoms with E-state index in [0.29, 0.717) is 30.9 Å². The second-order valence-corrected chi connectivity index (χ2v) is 8.02. The molecule has 0 N–H and O–H groups in total. The number of nitrogens with zero attached hydrogens (tertiary/aromatic N) is 3. The minimum Gasteiger partial charge on any atom is -0.492 e. The molecule has 5 nitrogen and oxygen atoms in total. The Kier molecular flexibility index (Phi) is 6.92. The standard InChI is InChI=1S/C21H33N3O2/c1-18-14-19(2)16-24(15-18)21(25)17-23-10-8-22(9-11-23)12-13-26-20-6-4-3-5-7-20/h3-7,18-19H,8-17H2,1-2H3. The lowest BCUT2D eigenvalue weighted by Gasteiger charge is -2.38. The zero-order valence-corrected chi connectivity index (χ0v) is 16.3. The van der Waals surface area contributed by atoms with E-state index in [0.717, 1.165) is 51.6 Å². The molecule has 0 bridgehead atoms. The summed E-state index contributed by atoms with van der Waals surface area (Å²) in [6, 6.07) is 9.97. The number of carbonyl (C=O) groups is 1. The molecule has 5 heteroatoms. The van der Waals surface area contributed by atoms with Gasteiger partial charge in [0, 0.05) is 45.8 Å². The molecular formula is C21H33N3O2. The van der Waals surface area contributed by atoms with E-state index in [2.05, 4.69) is 28.5 Å². The van der Waals surface area contributed by atoms with Gasteiger partial charge in [0.25, 0.3) is 0 Å². The molecule has 2 aliphatic rings. The maximum Gasteiger partial charge on any atom is 0.236 e. The van der Waals surface area contributed by atoms with Crippen LogP contribution < -0.4 is 4.74 Å². The first-order valence-corrected chi connectivity index (χ1v) is 10.0. The van der Waals surface area contributed by atoms with Crippen LogP contribution in [0, 0.1) is 11.8 Å². The van der Waals surface area contributed by atoms with Crippen molar-refractivity contribution in [2.24, 2.45) is 11.8 Å². The lowest BCUT2D eigenvalue weighted by atomic mass is 9.92. The normalized spacial score (nSPS) is 25.2. The Hall–Kier alpha value is -1.59. The highest BCUT2D eigenvalue weighted by atomic mass is 16.5. The van der Waals surface area contributed by atoms with Crippen molar-refractivity contribution in [2.75, 3.05) is 59.0 Å². The highest BCUT2D eigenvalue weighted by Crippen LogP contribution is 2.21. The molecule has 0 spiro atoms. The van der Waals surface area contributed by atoms with Crippen LogP contribution >= 0.6 is 0 Å². The molecule has 144 valence electrons. The van der Waals surface area contributed by atoms with Gasteiger partial charge in [-0.25, -0.2) is 0 Å². The van der Waals surface area contributed by atoms with Gasteiger partial charge >= 0.3 is 0 Å². The van der Waals surface area contributed by atoms with Gasteiger partial charge in [-0.05, 0) is 30.4 Å². The number of ether oxygens (including phenoxy) is 1. The molecule has 2 saturated heterocycles. The maximum atomic E-state index is 12.6. The third kappa shape index (κ3) is 5.71. The molecule has 1 aromatic rings. The topological polar surface area (TPSA) is 36.0 Å². The zero-order valence-electron chi connectivity index (χ0n) is 16.3. The summed E-state index contributed by atoms with van der Waals surface area (Å²) in [6.07, 6.45) is 1.24. The number of likely N-dealkylation sites (tertiary alicyclic amines) is 1. The first-order valence-electron chi connectivity index (χ1n) is 10.0. The molecule has 3 rings (SSSR count). The molecule has 26 heavy (non-hydrogen) atoms. The minimum absolute atomic E-state index is 0.310. The zero-order chi connectivity index (χ0) is 18.4. The van der Waals surface area contributed by atoms with Crippen LogP contribution in [0.4, 0.5) is 0 Å². The van der Waals surface area contributed by atoms with Crippen molar-refractivity contribution in [3.05, 3.63) is 30.3 Å². The van der Waals surface area contributed by atoms with Crippen LogP contribution in [0.3, 0.4) is 0 Å². The molecule has 2 heterocycles. The largest absolute Gasteiger partial charge is 0.492 e. The number of amides is 1. The van der Waals surface area contributed by atoms with Gasteiger partial charge in [-0.15, -0.1) is 0 Å². The Balaban J connectivity index is 1.34. The Morgan fingerprint density at radius 1 is 1.00 bits per heavy atom. The molecule has 1 aromatic carbocycles. The molecule has 1 amide bonds. The Morgan fingerprint density at radius 3 is 2.27 bits per heavy atom. The highest BCUT2D eigenvalue weighted by molar-refractivity contribution is 5.78. The second kappa shape index (κ2) is 9.38. The summed E-state index contributed by atoms with van der Waals surface area (Å²) in [4.78, 5) is 19.4. The van der Waals surface area contributed by atoms with E-state index in [1.54, 1.807) is 0 Å². The predicted molar refractivity (Wildman–Crippen MR) is 104 cm³/mol. The van der Waals surface area contributed by atoms with E-state index < -0.39 is 0 Å². The lowest BCUT2D eigenvalue weighted by Crippen LogP contribution is -2.52.